The highest BCUT2D eigenvalue weighted by molar-refractivity contribution is 7.89. The van der Waals surface area contributed by atoms with Crippen LogP contribution in [0.3, 0.4) is 0 Å². The van der Waals surface area contributed by atoms with E-state index in [0.717, 1.165) is 17.8 Å². The Morgan fingerprint density at radius 3 is 2.45 bits per heavy atom. The first-order chi connectivity index (χ1) is 13.7. The fourth-order valence-corrected chi connectivity index (χ4v) is 5.32. The highest BCUT2D eigenvalue weighted by Crippen LogP contribution is 2.26. The van der Waals surface area contributed by atoms with Gasteiger partial charge < -0.3 is 5.32 Å². The number of aromatic nitrogens is 2. The number of halogens is 1. The van der Waals surface area contributed by atoms with Crippen LogP contribution in [0.2, 0.25) is 5.02 Å². The van der Waals surface area contributed by atoms with E-state index in [1.54, 1.807) is 18.3 Å². The minimum atomic E-state index is -3.57. The maximum atomic E-state index is 12.8. The summed E-state index contributed by atoms with van der Waals surface area (Å²) in [6.45, 7) is 7.40. The average Bonchev–Trinajstić information content (AvgIpc) is 3.09. The second kappa shape index (κ2) is 8.85. The normalized spacial score (nSPS) is 17.2. The van der Waals surface area contributed by atoms with Crippen LogP contribution in [0.4, 0.5) is 0 Å². The molecule has 1 amide bonds. The topological polar surface area (TPSA) is 84.3 Å². The third-order valence-corrected chi connectivity index (χ3v) is 7.71. The molecule has 1 aromatic heterocycles. The minimum Gasteiger partial charge on any atom is -0.349 e. The molecular formula is C20H27ClN4O3S. The predicted molar refractivity (Wildman–Crippen MR) is 112 cm³/mol. The molecular weight excluding hydrogens is 412 g/mol. The number of aryl methyl sites for hydroxylation is 1. The Morgan fingerprint density at radius 1 is 1.28 bits per heavy atom. The quantitative estimate of drug-likeness (QED) is 0.750. The van der Waals surface area contributed by atoms with Crippen LogP contribution >= 0.6 is 11.6 Å². The summed E-state index contributed by atoms with van der Waals surface area (Å²) in [5, 5.41) is 7.88. The summed E-state index contributed by atoms with van der Waals surface area (Å²) in [5.41, 5.74) is 2.05. The van der Waals surface area contributed by atoms with Gasteiger partial charge in [-0.2, -0.15) is 9.40 Å². The smallest absolute Gasteiger partial charge is 0.243 e. The van der Waals surface area contributed by atoms with Crippen LogP contribution in [-0.2, 0) is 21.4 Å². The SMILES string of the molecule is CCn1ncc(C(C)NC(=O)C2CCN(S(=O)(=O)c3ccc(Cl)cc3)CC2)c1C. The molecule has 1 aliphatic heterocycles. The van der Waals surface area contributed by atoms with Crippen molar-refractivity contribution in [1.29, 1.82) is 0 Å². The molecule has 0 aliphatic carbocycles. The Labute approximate surface area is 177 Å². The van der Waals surface area contributed by atoms with Gasteiger partial charge in [0.2, 0.25) is 15.9 Å². The molecule has 1 fully saturated rings. The van der Waals surface area contributed by atoms with Crippen LogP contribution in [-0.4, -0.2) is 41.5 Å². The van der Waals surface area contributed by atoms with Gasteiger partial charge in [-0.3, -0.25) is 9.48 Å². The molecule has 2 heterocycles. The molecule has 1 saturated heterocycles. The first-order valence-corrected chi connectivity index (χ1v) is 11.6. The van der Waals surface area contributed by atoms with Crippen LogP contribution in [0.1, 0.15) is 44.0 Å². The first kappa shape index (κ1) is 21.8. The summed E-state index contributed by atoms with van der Waals surface area (Å²) in [6, 6.07) is 6.02. The summed E-state index contributed by atoms with van der Waals surface area (Å²) in [7, 11) is -3.57. The van der Waals surface area contributed by atoms with E-state index in [4.69, 9.17) is 11.6 Å². The summed E-state index contributed by atoms with van der Waals surface area (Å²) < 4.78 is 28.9. The lowest BCUT2D eigenvalue weighted by Crippen LogP contribution is -2.43. The molecule has 158 valence electrons. The third-order valence-electron chi connectivity index (χ3n) is 5.54. The Bertz CT molecular complexity index is 964. The lowest BCUT2D eigenvalue weighted by atomic mass is 9.96. The molecule has 1 atom stereocenters. The molecule has 2 aromatic rings. The van der Waals surface area contributed by atoms with Gasteiger partial charge in [0.05, 0.1) is 17.1 Å². The van der Waals surface area contributed by atoms with E-state index >= 15 is 0 Å². The molecule has 1 N–H and O–H groups in total. The van der Waals surface area contributed by atoms with Crippen LogP contribution in [0, 0.1) is 12.8 Å². The van der Waals surface area contributed by atoms with Gasteiger partial charge in [-0.05, 0) is 57.9 Å². The molecule has 3 rings (SSSR count). The highest BCUT2D eigenvalue weighted by Gasteiger charge is 2.32. The molecule has 1 aliphatic rings. The standard InChI is InChI=1S/C20H27ClN4O3S/c1-4-25-15(3)19(13-22-25)14(2)23-20(26)16-9-11-24(12-10-16)29(27,28)18-7-5-17(21)6-8-18/h5-8,13-14,16H,4,9-12H2,1-3H3,(H,23,26). The fourth-order valence-electron chi connectivity index (χ4n) is 3.73. The van der Waals surface area contributed by atoms with Crippen LogP contribution in [0.5, 0.6) is 0 Å². The van der Waals surface area contributed by atoms with E-state index in [-0.39, 0.29) is 22.8 Å². The average molecular weight is 439 g/mol. The third kappa shape index (κ3) is 4.65. The lowest BCUT2D eigenvalue weighted by molar-refractivity contribution is -0.126. The molecule has 1 aromatic carbocycles. The van der Waals surface area contributed by atoms with E-state index in [0.29, 0.717) is 31.0 Å². The van der Waals surface area contributed by atoms with Gasteiger partial charge >= 0.3 is 0 Å². The summed E-state index contributed by atoms with van der Waals surface area (Å²) in [6.07, 6.45) is 2.79. The Morgan fingerprint density at radius 2 is 1.90 bits per heavy atom. The van der Waals surface area contributed by atoms with Crippen molar-refractivity contribution in [2.75, 3.05) is 13.1 Å². The van der Waals surface area contributed by atoms with Gasteiger partial charge in [-0.15, -0.1) is 0 Å². The summed E-state index contributed by atoms with van der Waals surface area (Å²) in [4.78, 5) is 12.9. The van der Waals surface area contributed by atoms with E-state index in [9.17, 15) is 13.2 Å². The molecule has 0 spiro atoms. The van der Waals surface area contributed by atoms with Gasteiger partial charge in [0.1, 0.15) is 0 Å². The maximum Gasteiger partial charge on any atom is 0.243 e. The zero-order valence-corrected chi connectivity index (χ0v) is 18.5. The number of benzene rings is 1. The summed E-state index contributed by atoms with van der Waals surface area (Å²) in [5.74, 6) is -0.236. The maximum absolute atomic E-state index is 12.8. The Kier molecular flexibility index (Phi) is 6.65. The zero-order valence-electron chi connectivity index (χ0n) is 16.9. The molecule has 1 unspecified atom stereocenters. The van der Waals surface area contributed by atoms with Crippen LogP contribution in [0.25, 0.3) is 0 Å². The monoisotopic (exact) mass is 438 g/mol. The number of amides is 1. The predicted octanol–water partition coefficient (Wildman–Crippen LogP) is 3.14. The number of sulfonamides is 1. The van der Waals surface area contributed by atoms with Crippen molar-refractivity contribution in [2.24, 2.45) is 5.92 Å². The van der Waals surface area contributed by atoms with E-state index in [1.807, 2.05) is 25.5 Å². The van der Waals surface area contributed by atoms with Crippen molar-refractivity contribution in [3.63, 3.8) is 0 Å². The number of carbonyl (C=O) groups is 1. The van der Waals surface area contributed by atoms with Crippen molar-refractivity contribution < 1.29 is 13.2 Å². The van der Waals surface area contributed by atoms with E-state index in [2.05, 4.69) is 10.4 Å². The fraction of sp³-hybridized carbons (Fsp3) is 0.500. The Balaban J connectivity index is 1.59. The van der Waals surface area contributed by atoms with E-state index in [1.165, 1.54) is 16.4 Å². The Hall–Kier alpha value is -1.90. The molecule has 9 heteroatoms. The van der Waals surface area contributed by atoms with Crippen LogP contribution in [0.15, 0.2) is 35.4 Å². The van der Waals surface area contributed by atoms with Gasteiger partial charge in [0.15, 0.2) is 0 Å². The number of hydrogen-bond donors (Lipinski definition) is 1. The van der Waals surface area contributed by atoms with Crippen molar-refractivity contribution in [1.82, 2.24) is 19.4 Å². The second-order valence-corrected chi connectivity index (χ2v) is 9.74. The number of nitrogens with one attached hydrogen (secondary N) is 1. The van der Waals surface area contributed by atoms with Gasteiger partial charge in [-0.25, -0.2) is 8.42 Å². The zero-order chi connectivity index (χ0) is 21.2. The number of carbonyl (C=O) groups excluding carboxylic acids is 1. The molecule has 0 saturated carbocycles. The van der Waals surface area contributed by atoms with Gasteiger partial charge in [0, 0.05) is 41.8 Å². The first-order valence-electron chi connectivity index (χ1n) is 9.82. The molecule has 0 radical (unpaired) electrons. The van der Waals surface area contributed by atoms with Gasteiger partial charge in [-0.1, -0.05) is 11.6 Å². The van der Waals surface area contributed by atoms with Crippen molar-refractivity contribution in [3.8, 4) is 0 Å². The molecule has 7 nitrogen and oxygen atoms in total. The highest BCUT2D eigenvalue weighted by atomic mass is 35.5. The van der Waals surface area contributed by atoms with Gasteiger partial charge in [0.25, 0.3) is 0 Å². The number of piperidine rings is 1. The number of hydrogen-bond acceptors (Lipinski definition) is 4. The second-order valence-electron chi connectivity index (χ2n) is 7.36. The summed E-state index contributed by atoms with van der Waals surface area (Å²) >= 11 is 5.85. The van der Waals surface area contributed by atoms with E-state index < -0.39 is 10.0 Å². The van der Waals surface area contributed by atoms with Crippen molar-refractivity contribution in [3.05, 3.63) is 46.7 Å². The molecule has 0 bridgehead atoms. The number of nitrogens with zero attached hydrogens (tertiary/aromatic N) is 3. The molecule has 29 heavy (non-hydrogen) atoms. The number of rotatable bonds is 6. The van der Waals surface area contributed by atoms with Crippen LogP contribution < -0.4 is 5.32 Å². The minimum absolute atomic E-state index is 0.0373. The van der Waals surface area contributed by atoms with Crippen molar-refractivity contribution in [2.45, 2.75) is 51.1 Å². The largest absolute Gasteiger partial charge is 0.349 e. The van der Waals surface area contributed by atoms with Crippen molar-refractivity contribution >= 4 is 27.5 Å². The lowest BCUT2D eigenvalue weighted by Gasteiger charge is -2.31.